The van der Waals surface area contributed by atoms with Crippen LogP contribution >= 0.6 is 45.7 Å². The summed E-state index contributed by atoms with van der Waals surface area (Å²) < 4.78 is 0. The minimum absolute atomic E-state index is 0. The van der Waals surface area contributed by atoms with Gasteiger partial charge in [0.15, 0.2) is 0 Å². The lowest BCUT2D eigenvalue weighted by molar-refractivity contribution is 2.37. The van der Waals surface area contributed by atoms with Crippen molar-refractivity contribution in [2.45, 2.75) is 0 Å². The predicted molar refractivity (Wildman–Crippen MR) is 40.1 cm³/mol. The van der Waals surface area contributed by atoms with Crippen molar-refractivity contribution in [2.75, 3.05) is 12.5 Å². The second kappa shape index (κ2) is 18.5. The Morgan fingerprint density at radius 1 is 1.00 bits per heavy atom. The van der Waals surface area contributed by atoms with Gasteiger partial charge in [0.05, 0.1) is 0 Å². The van der Waals surface area contributed by atoms with Crippen LogP contribution in [0.3, 0.4) is 0 Å². The zero-order chi connectivity index (χ0) is 2.71. The molecular weight excluding hydrogens is 216 g/mol. The van der Waals surface area contributed by atoms with Crippen LogP contribution in [0.4, 0.5) is 0 Å². The SMILES string of the molecule is Br.Br.CSC. The molecule has 0 saturated heterocycles. The standard InChI is InChI=1S/C2H6S.2BrH/c1-3-2;;/h1-2H3;2*1H. The molecule has 0 heterocycles. The van der Waals surface area contributed by atoms with E-state index in [0.717, 1.165) is 0 Å². The van der Waals surface area contributed by atoms with E-state index in [2.05, 4.69) is 0 Å². The molecular formula is C2H8Br2S. The number of hydrogen-bond donors (Lipinski definition) is 0. The molecule has 36 valence electrons. The predicted octanol–water partition coefficient (Wildman–Crippen LogP) is 2.13. The summed E-state index contributed by atoms with van der Waals surface area (Å²) in [4.78, 5) is 0. The van der Waals surface area contributed by atoms with E-state index in [9.17, 15) is 0 Å². The molecule has 0 saturated carbocycles. The minimum atomic E-state index is 0. The first-order valence-corrected chi connectivity index (χ1v) is 2.45. The van der Waals surface area contributed by atoms with Gasteiger partial charge in [-0.15, -0.1) is 34.0 Å². The van der Waals surface area contributed by atoms with Crippen LogP contribution in [-0.2, 0) is 0 Å². The van der Waals surface area contributed by atoms with E-state index in [1.807, 2.05) is 12.5 Å². The van der Waals surface area contributed by atoms with Crippen LogP contribution in [0.25, 0.3) is 0 Å². The molecule has 0 radical (unpaired) electrons. The van der Waals surface area contributed by atoms with Gasteiger partial charge in [0, 0.05) is 0 Å². The second-order valence-electron chi connectivity index (χ2n) is 0.408. The summed E-state index contributed by atoms with van der Waals surface area (Å²) in [5.74, 6) is 0. The summed E-state index contributed by atoms with van der Waals surface area (Å²) in [5, 5.41) is 0. The van der Waals surface area contributed by atoms with Crippen LogP contribution in [0.2, 0.25) is 0 Å². The van der Waals surface area contributed by atoms with Gasteiger partial charge in [0.2, 0.25) is 0 Å². The number of thioether (sulfide) groups is 1. The Bertz CT molecular complexity index is 7.61. The van der Waals surface area contributed by atoms with E-state index in [1.54, 1.807) is 11.8 Å². The van der Waals surface area contributed by atoms with Crippen LogP contribution < -0.4 is 0 Å². The molecule has 0 aromatic heterocycles. The van der Waals surface area contributed by atoms with Gasteiger partial charge in [0.25, 0.3) is 0 Å². The van der Waals surface area contributed by atoms with E-state index in [-0.39, 0.29) is 34.0 Å². The van der Waals surface area contributed by atoms with Crippen LogP contribution in [0, 0.1) is 0 Å². The third-order valence-corrected chi connectivity index (χ3v) is 0. The Morgan fingerprint density at radius 2 is 1.00 bits per heavy atom. The Hall–Kier alpha value is 1.31. The van der Waals surface area contributed by atoms with Gasteiger partial charge in [-0.2, -0.15) is 11.8 Å². The molecule has 0 amide bonds. The molecule has 0 aromatic carbocycles. The lowest BCUT2D eigenvalue weighted by Crippen LogP contribution is -1.25. The van der Waals surface area contributed by atoms with Crippen molar-refractivity contribution in [1.29, 1.82) is 0 Å². The Balaban J connectivity index is -0.0000000200. The highest BCUT2D eigenvalue weighted by atomic mass is 79.9. The van der Waals surface area contributed by atoms with Crippen LogP contribution in [-0.4, -0.2) is 12.5 Å². The Labute approximate surface area is 58.3 Å². The zero-order valence-corrected chi connectivity index (χ0v) is 7.47. The molecule has 0 bridgehead atoms. The normalized spacial score (nSPS) is 3.60. The third-order valence-electron chi connectivity index (χ3n) is 0. The molecule has 3 heteroatoms. The Kier molecular flexibility index (Phi) is 60.0. The number of hydrogen-bond acceptors (Lipinski definition) is 1. The monoisotopic (exact) mass is 222 g/mol. The number of rotatable bonds is 0. The van der Waals surface area contributed by atoms with Gasteiger partial charge in [-0.05, 0) is 12.5 Å². The molecule has 0 N–H and O–H groups in total. The van der Waals surface area contributed by atoms with Gasteiger partial charge in [-0.3, -0.25) is 0 Å². The summed E-state index contributed by atoms with van der Waals surface area (Å²) in [6.45, 7) is 0. The maximum Gasteiger partial charge on any atom is -0.0187 e. The molecule has 0 aliphatic rings. The van der Waals surface area contributed by atoms with E-state index in [4.69, 9.17) is 0 Å². The molecule has 0 nitrogen and oxygen atoms in total. The average molecular weight is 224 g/mol. The topological polar surface area (TPSA) is 0 Å². The van der Waals surface area contributed by atoms with Crippen molar-refractivity contribution in [3.63, 3.8) is 0 Å². The van der Waals surface area contributed by atoms with Crippen molar-refractivity contribution >= 4 is 45.7 Å². The zero-order valence-electron chi connectivity index (χ0n) is 3.22. The molecule has 0 fully saturated rings. The highest BCUT2D eigenvalue weighted by Crippen LogP contribution is 1.70. The first-order chi connectivity index (χ1) is 1.41. The van der Waals surface area contributed by atoms with Crippen molar-refractivity contribution in [3.8, 4) is 0 Å². The highest BCUT2D eigenvalue weighted by Gasteiger charge is 1.32. The molecule has 0 rings (SSSR count). The maximum absolute atomic E-state index is 2.04. The lowest BCUT2D eigenvalue weighted by Gasteiger charge is -1.51. The first kappa shape index (κ1) is 16.2. The van der Waals surface area contributed by atoms with Crippen molar-refractivity contribution in [2.24, 2.45) is 0 Å². The quantitative estimate of drug-likeness (QED) is 0.607. The van der Waals surface area contributed by atoms with Gasteiger partial charge in [-0.25, -0.2) is 0 Å². The molecule has 0 aliphatic carbocycles. The van der Waals surface area contributed by atoms with Crippen LogP contribution in [0.15, 0.2) is 0 Å². The van der Waals surface area contributed by atoms with Gasteiger partial charge < -0.3 is 0 Å². The summed E-state index contributed by atoms with van der Waals surface area (Å²) in [7, 11) is 0. The van der Waals surface area contributed by atoms with Crippen molar-refractivity contribution < 1.29 is 0 Å². The maximum atomic E-state index is 2.04. The first-order valence-electron chi connectivity index (χ1n) is 0.816. The van der Waals surface area contributed by atoms with Crippen molar-refractivity contribution in [1.82, 2.24) is 0 Å². The highest BCUT2D eigenvalue weighted by molar-refractivity contribution is 8.93. The van der Waals surface area contributed by atoms with Gasteiger partial charge in [-0.1, -0.05) is 0 Å². The summed E-state index contributed by atoms with van der Waals surface area (Å²) in [6.07, 6.45) is 4.08. The molecule has 0 aromatic rings. The van der Waals surface area contributed by atoms with Crippen molar-refractivity contribution in [3.05, 3.63) is 0 Å². The molecule has 5 heavy (non-hydrogen) atoms. The summed E-state index contributed by atoms with van der Waals surface area (Å²) >= 11 is 1.75. The summed E-state index contributed by atoms with van der Waals surface area (Å²) in [6, 6.07) is 0. The van der Waals surface area contributed by atoms with E-state index >= 15 is 0 Å². The fraction of sp³-hybridized carbons (Fsp3) is 1.00. The van der Waals surface area contributed by atoms with Crippen LogP contribution in [0.5, 0.6) is 0 Å². The second-order valence-corrected chi connectivity index (χ2v) is 1.22. The van der Waals surface area contributed by atoms with Crippen LogP contribution in [0.1, 0.15) is 0 Å². The fourth-order valence-corrected chi connectivity index (χ4v) is 0. The minimum Gasteiger partial charge on any atom is -0.169 e. The average Bonchev–Trinajstić information content (AvgIpc) is 0.918. The number of halogens is 2. The fourth-order valence-electron chi connectivity index (χ4n) is 0. The molecule has 0 unspecified atom stereocenters. The van der Waals surface area contributed by atoms with Gasteiger partial charge in [0.1, 0.15) is 0 Å². The molecule has 0 spiro atoms. The van der Waals surface area contributed by atoms with E-state index < -0.39 is 0 Å². The Morgan fingerprint density at radius 3 is 1.00 bits per heavy atom. The lowest BCUT2D eigenvalue weighted by atomic mass is 11.9. The van der Waals surface area contributed by atoms with E-state index in [0.29, 0.717) is 0 Å². The smallest absolute Gasteiger partial charge is 0.0187 e. The van der Waals surface area contributed by atoms with Gasteiger partial charge >= 0.3 is 0 Å². The molecule has 0 atom stereocenters. The van der Waals surface area contributed by atoms with E-state index in [1.165, 1.54) is 0 Å². The summed E-state index contributed by atoms with van der Waals surface area (Å²) in [5.41, 5.74) is 0. The largest absolute Gasteiger partial charge is 0.169 e. The third kappa shape index (κ3) is 33.9. The molecule has 0 aliphatic heterocycles.